The molecule has 1 aromatic heterocycles. The van der Waals surface area contributed by atoms with Crippen LogP contribution in [0.3, 0.4) is 0 Å². The molecule has 13 heavy (non-hydrogen) atoms. The Balaban J connectivity index is 2.60. The van der Waals surface area contributed by atoms with E-state index in [0.717, 1.165) is 6.42 Å². The third-order valence-corrected chi connectivity index (χ3v) is 3.07. The van der Waals surface area contributed by atoms with Crippen LogP contribution in [0.15, 0.2) is 30.3 Å². The molecule has 1 heterocycles. The van der Waals surface area contributed by atoms with E-state index in [9.17, 15) is 0 Å². The summed E-state index contributed by atoms with van der Waals surface area (Å²) in [4.78, 5) is 0. The Morgan fingerprint density at radius 3 is 2.77 bits per heavy atom. The quantitative estimate of drug-likeness (QED) is 0.750. The molecule has 0 N–H and O–H groups in total. The number of aryl methyl sites for hydroxylation is 1. The number of rotatable bonds is 2. The lowest BCUT2D eigenvalue weighted by Gasteiger charge is -1.98. The third kappa shape index (κ3) is 1.51. The predicted octanol–water partition coefficient (Wildman–Crippen LogP) is 3.75. The van der Waals surface area contributed by atoms with E-state index in [0.29, 0.717) is 0 Å². The molecule has 1 nitrogen and oxygen atoms in total. The summed E-state index contributed by atoms with van der Waals surface area (Å²) < 4.78 is 2.10. The molecule has 0 saturated carbocycles. The molecule has 0 fully saturated rings. The summed E-state index contributed by atoms with van der Waals surface area (Å²) in [6.07, 6.45) is 2.31. The minimum Gasteiger partial charge on any atom is -0.281 e. The third-order valence-electron chi connectivity index (χ3n) is 2.23. The Kier molecular flexibility index (Phi) is 2.40. The van der Waals surface area contributed by atoms with E-state index < -0.39 is 0 Å². The monoisotopic (exact) mass is 237 g/mol. The van der Waals surface area contributed by atoms with Gasteiger partial charge < -0.3 is 0 Å². The van der Waals surface area contributed by atoms with Crippen molar-refractivity contribution in [3.05, 3.63) is 36.0 Å². The molecular weight excluding hydrogens is 226 g/mol. The number of benzene rings is 1. The number of para-hydroxylation sites is 1. The number of nitrogens with zero attached hydrogens (tertiary/aromatic N) is 1. The molecule has 0 unspecified atom stereocenters. The van der Waals surface area contributed by atoms with Crippen molar-refractivity contribution in [3.8, 4) is 0 Å². The van der Waals surface area contributed by atoms with Crippen LogP contribution >= 0.6 is 16.1 Å². The number of aromatic nitrogens is 1. The van der Waals surface area contributed by atoms with E-state index in [-0.39, 0.29) is 0 Å². The van der Waals surface area contributed by atoms with E-state index in [1.54, 1.807) is 0 Å². The molecule has 2 rings (SSSR count). The highest BCUT2D eigenvalue weighted by atomic mass is 79.9. The highest BCUT2D eigenvalue weighted by Crippen LogP contribution is 2.22. The van der Waals surface area contributed by atoms with Gasteiger partial charge in [0.2, 0.25) is 0 Å². The summed E-state index contributed by atoms with van der Waals surface area (Å²) >= 11 is 3.57. The minimum atomic E-state index is 1.12. The van der Waals surface area contributed by atoms with Gasteiger partial charge in [0.15, 0.2) is 0 Å². The van der Waals surface area contributed by atoms with Crippen molar-refractivity contribution >= 4 is 27.1 Å². The molecule has 0 aliphatic carbocycles. The number of fused-ring (bicyclic) bond motifs is 1. The highest BCUT2D eigenvalue weighted by molar-refractivity contribution is 9.08. The van der Waals surface area contributed by atoms with Crippen LogP contribution in [-0.2, 0) is 6.42 Å². The lowest BCUT2D eigenvalue weighted by Crippen LogP contribution is -1.88. The summed E-state index contributed by atoms with van der Waals surface area (Å²) in [5.74, 6) is 0. The Hall–Kier alpha value is -0.760. The second kappa shape index (κ2) is 3.54. The molecule has 2 aromatic rings. The second-order valence-electron chi connectivity index (χ2n) is 3.23. The molecule has 0 spiro atoms. The van der Waals surface area contributed by atoms with Gasteiger partial charge in [-0.1, -0.05) is 31.5 Å². The maximum atomic E-state index is 3.57. The normalized spacial score (nSPS) is 10.9. The van der Waals surface area contributed by atoms with Gasteiger partial charge in [-0.15, -0.1) is 0 Å². The summed E-state index contributed by atoms with van der Waals surface area (Å²) in [6.45, 7) is 2.20. The zero-order valence-corrected chi connectivity index (χ0v) is 9.21. The van der Waals surface area contributed by atoms with Crippen molar-refractivity contribution in [2.75, 3.05) is 0 Å². The molecule has 0 aliphatic heterocycles. The van der Waals surface area contributed by atoms with Gasteiger partial charge in [-0.05, 0) is 18.6 Å². The van der Waals surface area contributed by atoms with Crippen LogP contribution in [0.1, 0.15) is 19.0 Å². The van der Waals surface area contributed by atoms with E-state index in [2.05, 4.69) is 57.0 Å². The second-order valence-corrected chi connectivity index (χ2v) is 3.93. The predicted molar refractivity (Wildman–Crippen MR) is 60.3 cm³/mol. The lowest BCUT2D eigenvalue weighted by molar-refractivity contribution is 0.887. The van der Waals surface area contributed by atoms with Crippen molar-refractivity contribution in [1.82, 2.24) is 3.59 Å². The van der Waals surface area contributed by atoms with Crippen LogP contribution in [0.25, 0.3) is 10.9 Å². The Morgan fingerprint density at radius 2 is 2.08 bits per heavy atom. The maximum Gasteiger partial charge on any atom is 0.0594 e. The topological polar surface area (TPSA) is 4.93 Å². The molecule has 0 saturated heterocycles. The number of hydrogen-bond acceptors (Lipinski definition) is 0. The van der Waals surface area contributed by atoms with Gasteiger partial charge in [0, 0.05) is 11.1 Å². The Labute approximate surface area is 86.7 Å². The van der Waals surface area contributed by atoms with Crippen molar-refractivity contribution in [3.63, 3.8) is 0 Å². The van der Waals surface area contributed by atoms with Crippen LogP contribution in [-0.4, -0.2) is 3.59 Å². The van der Waals surface area contributed by atoms with E-state index in [1.165, 1.54) is 23.0 Å². The lowest BCUT2D eigenvalue weighted by atomic mass is 10.2. The molecule has 0 atom stereocenters. The molecule has 0 amide bonds. The molecule has 0 aliphatic rings. The van der Waals surface area contributed by atoms with Crippen LogP contribution < -0.4 is 0 Å². The average molecular weight is 238 g/mol. The molecule has 0 radical (unpaired) electrons. The SMILES string of the molecule is CCCc1cc2ccccc2n1Br. The first-order chi connectivity index (χ1) is 6.33. The maximum absolute atomic E-state index is 3.57. The van der Waals surface area contributed by atoms with Crippen molar-refractivity contribution in [1.29, 1.82) is 0 Å². The average Bonchev–Trinajstić information content (AvgIpc) is 2.46. The van der Waals surface area contributed by atoms with Crippen molar-refractivity contribution < 1.29 is 0 Å². The first-order valence-electron chi connectivity index (χ1n) is 4.58. The standard InChI is InChI=1S/C11H12BrN/c1-2-5-10-8-9-6-3-4-7-11(9)13(10)12/h3-4,6-8H,2,5H2,1H3. The van der Waals surface area contributed by atoms with Crippen LogP contribution in [0, 0.1) is 0 Å². The van der Waals surface area contributed by atoms with E-state index >= 15 is 0 Å². The van der Waals surface area contributed by atoms with Gasteiger partial charge in [-0.2, -0.15) is 0 Å². The molecule has 0 bridgehead atoms. The summed E-state index contributed by atoms with van der Waals surface area (Å²) in [5, 5.41) is 1.31. The van der Waals surface area contributed by atoms with E-state index in [1.807, 2.05) is 0 Å². The Bertz CT molecular complexity index is 417. The zero-order valence-electron chi connectivity index (χ0n) is 7.63. The fraction of sp³-hybridized carbons (Fsp3) is 0.273. The zero-order chi connectivity index (χ0) is 9.26. The van der Waals surface area contributed by atoms with Crippen molar-refractivity contribution in [2.24, 2.45) is 0 Å². The molecule has 68 valence electrons. The van der Waals surface area contributed by atoms with Gasteiger partial charge in [-0.3, -0.25) is 3.59 Å². The number of hydrogen-bond donors (Lipinski definition) is 0. The number of halogens is 1. The van der Waals surface area contributed by atoms with Crippen LogP contribution in [0.4, 0.5) is 0 Å². The minimum absolute atomic E-state index is 1.12. The highest BCUT2D eigenvalue weighted by Gasteiger charge is 2.04. The van der Waals surface area contributed by atoms with Crippen LogP contribution in [0.2, 0.25) is 0 Å². The van der Waals surface area contributed by atoms with Gasteiger partial charge in [0.1, 0.15) is 0 Å². The fourth-order valence-corrected chi connectivity index (χ4v) is 2.21. The van der Waals surface area contributed by atoms with Gasteiger partial charge >= 0.3 is 0 Å². The summed E-state index contributed by atoms with van der Waals surface area (Å²) in [7, 11) is 0. The summed E-state index contributed by atoms with van der Waals surface area (Å²) in [5.41, 5.74) is 2.61. The molecule has 2 heteroatoms. The largest absolute Gasteiger partial charge is 0.281 e. The fourth-order valence-electron chi connectivity index (χ4n) is 1.61. The summed E-state index contributed by atoms with van der Waals surface area (Å²) in [6, 6.07) is 10.7. The van der Waals surface area contributed by atoms with Crippen LogP contribution in [0.5, 0.6) is 0 Å². The van der Waals surface area contributed by atoms with Gasteiger partial charge in [0.05, 0.1) is 21.7 Å². The first-order valence-corrected chi connectivity index (χ1v) is 5.29. The smallest absolute Gasteiger partial charge is 0.0594 e. The van der Waals surface area contributed by atoms with Crippen molar-refractivity contribution in [2.45, 2.75) is 19.8 Å². The first kappa shape index (κ1) is 8.82. The van der Waals surface area contributed by atoms with E-state index in [4.69, 9.17) is 0 Å². The molecule has 1 aromatic carbocycles. The van der Waals surface area contributed by atoms with Gasteiger partial charge in [0.25, 0.3) is 0 Å². The van der Waals surface area contributed by atoms with Gasteiger partial charge in [-0.25, -0.2) is 0 Å². The molecular formula is C11H12BrN. The Morgan fingerprint density at radius 1 is 1.31 bits per heavy atom.